The van der Waals surface area contributed by atoms with E-state index >= 15 is 0 Å². The smallest absolute Gasteiger partial charge is 0.238 e. The number of ether oxygens (including phenoxy) is 2. The van der Waals surface area contributed by atoms with Gasteiger partial charge in [0, 0.05) is 6.66 Å². The minimum atomic E-state index is -0.995. The van der Waals surface area contributed by atoms with Crippen molar-refractivity contribution in [2.45, 2.75) is 64.6 Å². The molecule has 2 bridgehead atoms. The van der Waals surface area contributed by atoms with Crippen molar-refractivity contribution in [2.75, 3.05) is 19.8 Å². The van der Waals surface area contributed by atoms with Gasteiger partial charge in [-0.2, -0.15) is 0 Å². The summed E-state index contributed by atoms with van der Waals surface area (Å²) >= 11 is 0. The van der Waals surface area contributed by atoms with Crippen LogP contribution in [0.1, 0.15) is 34.6 Å². The number of fused-ring (bicyclic) bond motifs is 2. The molecule has 0 N–H and O–H groups in total. The Labute approximate surface area is 123 Å². The van der Waals surface area contributed by atoms with Crippen LogP contribution in [0.4, 0.5) is 0 Å². The second-order valence-corrected chi connectivity index (χ2v) is 6.40. The predicted octanol–water partition coefficient (Wildman–Crippen LogP) is 3.24. The fourth-order valence-corrected chi connectivity index (χ4v) is 4.01. The van der Waals surface area contributed by atoms with Gasteiger partial charge in [0.2, 0.25) is 6.54 Å². The van der Waals surface area contributed by atoms with E-state index < -0.39 is 8.38 Å². The van der Waals surface area contributed by atoms with E-state index in [0.717, 1.165) is 6.42 Å². The van der Waals surface area contributed by atoms with Crippen LogP contribution in [0.5, 0.6) is 0 Å². The van der Waals surface area contributed by atoms with Crippen molar-refractivity contribution in [1.29, 1.82) is 0 Å². The standard InChI is InChI=1S/C13H22NO4P.CH4/c1-6-13-10(3)16-11(9(2)17-13)12(13)18-19(5)15-8-7-14-4;/h9-12H,6-8H2,1-3,5H3;1H4/t9-,10-,11-,12-,13-,19?;/m0./s1. The SMILES string of the molecule is C.[C-]#[N+]CCOP(C)O[C@H]1[C@H]2O[C@@H](C)[C@]1(CC)O[C@H]2C. The summed E-state index contributed by atoms with van der Waals surface area (Å²) in [5.41, 5.74) is -0.343. The van der Waals surface area contributed by atoms with Crippen LogP contribution in [-0.4, -0.2) is 49.8 Å². The maximum atomic E-state index is 6.73. The molecule has 2 fully saturated rings. The largest absolute Gasteiger partial charge is 0.367 e. The minimum absolute atomic E-state index is 0. The van der Waals surface area contributed by atoms with E-state index in [0.29, 0.717) is 13.2 Å². The molecule has 0 aromatic heterocycles. The van der Waals surface area contributed by atoms with Crippen molar-refractivity contribution in [2.24, 2.45) is 0 Å². The monoisotopic (exact) mass is 303 g/mol. The van der Waals surface area contributed by atoms with Crippen LogP contribution in [-0.2, 0) is 18.5 Å². The molecule has 2 aliphatic rings. The molecule has 0 aromatic carbocycles. The van der Waals surface area contributed by atoms with Crippen LogP contribution in [0.15, 0.2) is 0 Å². The molecule has 20 heavy (non-hydrogen) atoms. The lowest BCUT2D eigenvalue weighted by Crippen LogP contribution is -2.46. The topological polar surface area (TPSA) is 41.3 Å². The molecule has 2 rings (SSSR count). The molecular formula is C14H26NO4P. The van der Waals surface area contributed by atoms with E-state index in [-0.39, 0.29) is 37.4 Å². The summed E-state index contributed by atoms with van der Waals surface area (Å²) in [6, 6.07) is 0. The zero-order chi connectivity index (χ0) is 14.0. The maximum Gasteiger partial charge on any atom is 0.238 e. The summed E-state index contributed by atoms with van der Waals surface area (Å²) in [6.07, 6.45) is 0.907. The Kier molecular flexibility index (Phi) is 6.37. The number of nitrogens with zero attached hydrogens (tertiary/aromatic N) is 1. The fourth-order valence-electron chi connectivity index (χ4n) is 2.99. The molecule has 0 aliphatic carbocycles. The highest BCUT2D eigenvalue weighted by molar-refractivity contribution is 7.46. The third-order valence-corrected chi connectivity index (χ3v) is 5.06. The van der Waals surface area contributed by atoms with E-state index in [4.69, 9.17) is 25.1 Å². The minimum Gasteiger partial charge on any atom is -0.367 e. The summed E-state index contributed by atoms with van der Waals surface area (Å²) in [5, 5.41) is 0. The van der Waals surface area contributed by atoms with Crippen LogP contribution in [0, 0.1) is 6.57 Å². The number of rotatable bonds is 6. The van der Waals surface area contributed by atoms with Crippen LogP contribution < -0.4 is 0 Å². The third kappa shape index (κ3) is 3.00. The molecule has 6 heteroatoms. The van der Waals surface area contributed by atoms with Crippen molar-refractivity contribution >= 4 is 8.38 Å². The lowest BCUT2D eigenvalue weighted by Gasteiger charge is -2.35. The Morgan fingerprint density at radius 3 is 2.70 bits per heavy atom. The first-order chi connectivity index (χ1) is 9.05. The molecule has 1 unspecified atom stereocenters. The highest BCUT2D eigenvalue weighted by Gasteiger charge is 2.64. The van der Waals surface area contributed by atoms with E-state index in [1.165, 1.54) is 0 Å². The molecule has 0 aromatic rings. The van der Waals surface area contributed by atoms with Crippen molar-refractivity contribution in [3.63, 3.8) is 0 Å². The van der Waals surface area contributed by atoms with Gasteiger partial charge in [-0.1, -0.05) is 14.4 Å². The second-order valence-electron chi connectivity index (χ2n) is 5.06. The summed E-state index contributed by atoms with van der Waals surface area (Å²) < 4.78 is 23.7. The van der Waals surface area contributed by atoms with Gasteiger partial charge >= 0.3 is 0 Å². The molecule has 0 saturated carbocycles. The summed E-state index contributed by atoms with van der Waals surface area (Å²) in [6.45, 7) is 15.6. The average Bonchev–Trinajstić information content (AvgIpc) is 2.78. The zero-order valence-corrected chi connectivity index (χ0v) is 12.9. The van der Waals surface area contributed by atoms with E-state index in [1.807, 2.05) is 20.5 Å². The van der Waals surface area contributed by atoms with Gasteiger partial charge in [-0.05, 0) is 20.3 Å². The highest BCUT2D eigenvalue weighted by Crippen LogP contribution is 2.52. The Hall–Kier alpha value is -0.240. The number of hydrogen-bond donors (Lipinski definition) is 0. The van der Waals surface area contributed by atoms with Crippen LogP contribution in [0.2, 0.25) is 0 Å². The molecule has 0 amide bonds. The summed E-state index contributed by atoms with van der Waals surface area (Å²) in [7, 11) is -0.995. The van der Waals surface area contributed by atoms with Gasteiger partial charge in [0.1, 0.15) is 24.4 Å². The van der Waals surface area contributed by atoms with Gasteiger partial charge < -0.3 is 23.4 Å². The summed E-state index contributed by atoms with van der Waals surface area (Å²) in [4.78, 5) is 3.27. The Balaban J connectivity index is 0.00000200. The molecule has 6 atom stereocenters. The normalized spacial score (nSPS) is 40.1. The molecule has 0 spiro atoms. The van der Waals surface area contributed by atoms with Crippen molar-refractivity contribution < 1.29 is 18.5 Å². The quantitative estimate of drug-likeness (QED) is 0.429. The molecule has 0 radical (unpaired) electrons. The Morgan fingerprint density at radius 2 is 2.10 bits per heavy atom. The lowest BCUT2D eigenvalue weighted by atomic mass is 9.90. The second kappa shape index (κ2) is 7.15. The maximum absolute atomic E-state index is 6.73. The molecule has 5 nitrogen and oxygen atoms in total. The first kappa shape index (κ1) is 17.8. The van der Waals surface area contributed by atoms with Crippen molar-refractivity contribution in [1.82, 2.24) is 0 Å². The number of hydrogen-bond acceptors (Lipinski definition) is 4. The van der Waals surface area contributed by atoms with Crippen LogP contribution >= 0.6 is 8.38 Å². The van der Waals surface area contributed by atoms with Crippen LogP contribution in [0.25, 0.3) is 4.85 Å². The zero-order valence-electron chi connectivity index (χ0n) is 12.0. The Bertz CT molecular complexity index is 362. The fraction of sp³-hybridized carbons (Fsp3) is 0.929. The third-order valence-electron chi connectivity index (χ3n) is 3.99. The van der Waals surface area contributed by atoms with Gasteiger partial charge in [-0.3, -0.25) is 0 Å². The molecule has 2 heterocycles. The van der Waals surface area contributed by atoms with E-state index in [2.05, 4.69) is 11.8 Å². The highest BCUT2D eigenvalue weighted by atomic mass is 31.2. The average molecular weight is 303 g/mol. The molecular weight excluding hydrogens is 277 g/mol. The van der Waals surface area contributed by atoms with E-state index in [1.54, 1.807) is 0 Å². The summed E-state index contributed by atoms with van der Waals surface area (Å²) in [5.74, 6) is 0. The van der Waals surface area contributed by atoms with Gasteiger partial charge in [-0.15, -0.1) is 0 Å². The van der Waals surface area contributed by atoms with Gasteiger partial charge in [0.25, 0.3) is 0 Å². The van der Waals surface area contributed by atoms with Crippen molar-refractivity contribution in [3.05, 3.63) is 11.4 Å². The lowest BCUT2D eigenvalue weighted by molar-refractivity contribution is -0.176. The molecule has 2 saturated heterocycles. The van der Waals surface area contributed by atoms with E-state index in [9.17, 15) is 0 Å². The van der Waals surface area contributed by atoms with Crippen LogP contribution in [0.3, 0.4) is 0 Å². The van der Waals surface area contributed by atoms with Gasteiger partial charge in [-0.25, -0.2) is 6.57 Å². The van der Waals surface area contributed by atoms with Crippen molar-refractivity contribution in [3.8, 4) is 0 Å². The Morgan fingerprint density at radius 1 is 1.40 bits per heavy atom. The first-order valence-corrected chi connectivity index (χ1v) is 8.37. The van der Waals surface area contributed by atoms with Gasteiger partial charge in [0.15, 0.2) is 8.38 Å². The van der Waals surface area contributed by atoms with Gasteiger partial charge in [0.05, 0.1) is 12.2 Å². The first-order valence-electron chi connectivity index (χ1n) is 6.75. The predicted molar refractivity (Wildman–Crippen MR) is 79.8 cm³/mol. The molecule has 2 aliphatic heterocycles. The molecule has 116 valence electrons.